The monoisotopic (exact) mass is 406 g/mol. The predicted molar refractivity (Wildman–Crippen MR) is 106 cm³/mol. The Morgan fingerprint density at radius 2 is 1.79 bits per heavy atom. The summed E-state index contributed by atoms with van der Waals surface area (Å²) in [6.07, 6.45) is 4.77. The van der Waals surface area contributed by atoms with E-state index in [1.807, 2.05) is 0 Å². The van der Waals surface area contributed by atoms with E-state index in [-0.39, 0.29) is 17.9 Å². The second kappa shape index (κ2) is 9.41. The summed E-state index contributed by atoms with van der Waals surface area (Å²) in [5.74, 6) is -1.19. The number of carbonyl (C=O) groups excluding carboxylic acids is 3. The molecule has 1 N–H and O–H groups in total. The molecule has 2 atom stereocenters. The number of nitrogens with one attached hydrogen (secondary N) is 1. The van der Waals surface area contributed by atoms with Crippen molar-refractivity contribution in [2.45, 2.75) is 57.6 Å². The second-order valence-corrected chi connectivity index (χ2v) is 8.10. The molecule has 2 fully saturated rings. The molecular weight excluding hydrogens is 380 g/mol. The lowest BCUT2D eigenvalue weighted by molar-refractivity contribution is -0.160. The summed E-state index contributed by atoms with van der Waals surface area (Å²) in [7, 11) is 0. The van der Waals surface area contributed by atoms with Gasteiger partial charge in [-0.25, -0.2) is 0 Å². The zero-order valence-electron chi connectivity index (χ0n) is 16.2. The van der Waals surface area contributed by atoms with Crippen molar-refractivity contribution in [1.29, 1.82) is 0 Å². The third-order valence-corrected chi connectivity index (χ3v) is 5.75. The topological polar surface area (TPSA) is 75.7 Å². The highest BCUT2D eigenvalue weighted by Crippen LogP contribution is 2.22. The molecule has 7 heteroatoms. The Morgan fingerprint density at radius 3 is 2.46 bits per heavy atom. The average molecular weight is 407 g/mol. The zero-order chi connectivity index (χ0) is 20.1. The number of rotatable bonds is 5. The molecule has 0 unspecified atom stereocenters. The highest BCUT2D eigenvalue weighted by molar-refractivity contribution is 6.30. The van der Waals surface area contributed by atoms with Gasteiger partial charge >= 0.3 is 5.97 Å². The van der Waals surface area contributed by atoms with Crippen LogP contribution < -0.4 is 5.32 Å². The molecule has 28 heavy (non-hydrogen) atoms. The first-order valence-electron chi connectivity index (χ1n) is 9.99. The molecule has 1 aliphatic heterocycles. The fourth-order valence-corrected chi connectivity index (χ4v) is 3.97. The van der Waals surface area contributed by atoms with Crippen LogP contribution in [0, 0.1) is 5.92 Å². The third kappa shape index (κ3) is 5.25. The number of piperidine rings is 1. The van der Waals surface area contributed by atoms with Crippen LogP contribution in [0.5, 0.6) is 0 Å². The Kier molecular flexibility index (Phi) is 6.94. The molecule has 0 bridgehead atoms. The van der Waals surface area contributed by atoms with E-state index in [2.05, 4.69) is 5.32 Å². The number of hydrogen-bond acceptors (Lipinski definition) is 4. The Hall–Kier alpha value is -2.08. The van der Waals surface area contributed by atoms with Gasteiger partial charge in [0.2, 0.25) is 0 Å². The van der Waals surface area contributed by atoms with Crippen LogP contribution in [0.4, 0.5) is 0 Å². The van der Waals surface area contributed by atoms with E-state index in [0.717, 1.165) is 32.1 Å². The maximum atomic E-state index is 12.7. The summed E-state index contributed by atoms with van der Waals surface area (Å²) in [5, 5.41) is 3.52. The number of hydrogen-bond donors (Lipinski definition) is 1. The summed E-state index contributed by atoms with van der Waals surface area (Å²) >= 11 is 5.88. The number of benzene rings is 1. The van der Waals surface area contributed by atoms with Crippen molar-refractivity contribution in [2.75, 3.05) is 13.1 Å². The van der Waals surface area contributed by atoms with Crippen LogP contribution >= 0.6 is 11.6 Å². The minimum absolute atomic E-state index is 0.124. The van der Waals surface area contributed by atoms with Gasteiger partial charge in [-0.1, -0.05) is 24.4 Å². The number of likely N-dealkylation sites (tertiary alicyclic amines) is 1. The molecule has 152 valence electrons. The van der Waals surface area contributed by atoms with E-state index in [0.29, 0.717) is 30.1 Å². The van der Waals surface area contributed by atoms with Crippen molar-refractivity contribution < 1.29 is 19.1 Å². The third-order valence-electron chi connectivity index (χ3n) is 5.50. The number of ether oxygens (including phenoxy) is 1. The fraction of sp³-hybridized carbons (Fsp3) is 0.571. The highest BCUT2D eigenvalue weighted by atomic mass is 35.5. The Balaban J connectivity index is 1.52. The van der Waals surface area contributed by atoms with Gasteiger partial charge in [-0.05, 0) is 56.9 Å². The first-order valence-corrected chi connectivity index (χ1v) is 10.4. The molecule has 0 radical (unpaired) electrons. The maximum Gasteiger partial charge on any atom is 0.311 e. The lowest BCUT2D eigenvalue weighted by atomic mass is 9.97. The van der Waals surface area contributed by atoms with Gasteiger partial charge in [0.25, 0.3) is 11.8 Å². The van der Waals surface area contributed by atoms with Crippen molar-refractivity contribution in [3.63, 3.8) is 0 Å². The van der Waals surface area contributed by atoms with Gasteiger partial charge < -0.3 is 15.0 Å². The van der Waals surface area contributed by atoms with Gasteiger partial charge in [-0.2, -0.15) is 0 Å². The first-order chi connectivity index (χ1) is 13.4. The lowest BCUT2D eigenvalue weighted by Gasteiger charge is -2.32. The van der Waals surface area contributed by atoms with Crippen LogP contribution in [0.1, 0.15) is 55.8 Å². The van der Waals surface area contributed by atoms with E-state index in [4.69, 9.17) is 16.3 Å². The maximum absolute atomic E-state index is 12.7. The van der Waals surface area contributed by atoms with E-state index in [1.54, 1.807) is 36.1 Å². The fourth-order valence-electron chi connectivity index (χ4n) is 3.84. The molecule has 0 aromatic heterocycles. The van der Waals surface area contributed by atoms with E-state index < -0.39 is 18.0 Å². The molecule has 6 nitrogen and oxygen atoms in total. The minimum Gasteiger partial charge on any atom is -0.452 e. The van der Waals surface area contributed by atoms with E-state index in [9.17, 15) is 14.4 Å². The number of nitrogens with zero attached hydrogens (tertiary/aromatic N) is 1. The van der Waals surface area contributed by atoms with Gasteiger partial charge in [0.05, 0.1) is 5.92 Å². The second-order valence-electron chi connectivity index (χ2n) is 7.67. The van der Waals surface area contributed by atoms with Gasteiger partial charge in [-0.15, -0.1) is 0 Å². The lowest BCUT2D eigenvalue weighted by Crippen LogP contribution is -2.45. The van der Waals surface area contributed by atoms with Crippen LogP contribution in [-0.2, 0) is 14.3 Å². The summed E-state index contributed by atoms with van der Waals surface area (Å²) in [6, 6.07) is 6.91. The minimum atomic E-state index is -0.824. The average Bonchev–Trinajstić information content (AvgIpc) is 3.21. The molecule has 2 aliphatic rings. The van der Waals surface area contributed by atoms with Crippen molar-refractivity contribution in [3.8, 4) is 0 Å². The Labute approximate surface area is 170 Å². The van der Waals surface area contributed by atoms with Crippen LogP contribution in [0.3, 0.4) is 0 Å². The molecule has 1 heterocycles. The number of carbonyl (C=O) groups is 3. The molecule has 1 saturated heterocycles. The van der Waals surface area contributed by atoms with Gasteiger partial charge in [0.1, 0.15) is 0 Å². The smallest absolute Gasteiger partial charge is 0.311 e. The molecule has 0 spiro atoms. The molecule has 1 saturated carbocycles. The summed E-state index contributed by atoms with van der Waals surface area (Å²) < 4.78 is 5.41. The Bertz CT molecular complexity index is 716. The van der Waals surface area contributed by atoms with Crippen molar-refractivity contribution in [2.24, 2.45) is 5.92 Å². The number of esters is 1. The molecule has 2 amide bonds. The van der Waals surface area contributed by atoms with Gasteiger partial charge in [-0.3, -0.25) is 14.4 Å². The molecule has 3 rings (SSSR count). The summed E-state index contributed by atoms with van der Waals surface area (Å²) in [4.78, 5) is 39.1. The normalized spacial score (nSPS) is 21.2. The largest absolute Gasteiger partial charge is 0.452 e. The van der Waals surface area contributed by atoms with Gasteiger partial charge in [0.15, 0.2) is 6.10 Å². The number of halogens is 1. The predicted octanol–water partition coefficient (Wildman–Crippen LogP) is 3.18. The summed E-state index contributed by atoms with van der Waals surface area (Å²) in [6.45, 7) is 2.50. The molecule has 1 aromatic carbocycles. The quantitative estimate of drug-likeness (QED) is 0.762. The standard InChI is InChI=1S/C21H27ClN2O4/c1-14(19(25)23-18-6-2-3-7-18)28-21(27)16-5-4-12-24(13-16)20(26)15-8-10-17(22)11-9-15/h8-11,14,16,18H,2-7,12-13H2,1H3,(H,23,25)/t14-,16+/m0/s1. The van der Waals surface area contributed by atoms with Crippen LogP contribution in [0.25, 0.3) is 0 Å². The Morgan fingerprint density at radius 1 is 1.11 bits per heavy atom. The van der Waals surface area contributed by atoms with Gasteiger partial charge in [0, 0.05) is 29.7 Å². The van der Waals surface area contributed by atoms with Crippen molar-refractivity contribution >= 4 is 29.4 Å². The molecule has 1 aromatic rings. The summed E-state index contributed by atoms with van der Waals surface area (Å²) in [5.41, 5.74) is 0.544. The van der Waals surface area contributed by atoms with Crippen molar-refractivity contribution in [1.82, 2.24) is 10.2 Å². The van der Waals surface area contributed by atoms with E-state index in [1.165, 1.54) is 0 Å². The van der Waals surface area contributed by atoms with Crippen LogP contribution in [0.15, 0.2) is 24.3 Å². The molecule has 1 aliphatic carbocycles. The van der Waals surface area contributed by atoms with Crippen molar-refractivity contribution in [3.05, 3.63) is 34.9 Å². The zero-order valence-corrected chi connectivity index (χ0v) is 16.9. The van der Waals surface area contributed by atoms with Crippen LogP contribution in [-0.4, -0.2) is 47.9 Å². The van der Waals surface area contributed by atoms with E-state index >= 15 is 0 Å². The SMILES string of the molecule is C[C@H](OC(=O)[C@@H]1CCCN(C(=O)c2ccc(Cl)cc2)C1)C(=O)NC1CCCC1. The number of amides is 2. The first kappa shape index (κ1) is 20.6. The van der Waals surface area contributed by atoms with Crippen LogP contribution in [0.2, 0.25) is 5.02 Å². The molecular formula is C21H27ClN2O4. The highest BCUT2D eigenvalue weighted by Gasteiger charge is 2.32.